The summed E-state index contributed by atoms with van der Waals surface area (Å²) >= 11 is 0. The largest absolute Gasteiger partial charge is 0.356 e. The number of nitrogens with zero attached hydrogens (tertiary/aromatic N) is 1. The van der Waals surface area contributed by atoms with Gasteiger partial charge in [-0.05, 0) is 17.9 Å². The quantitative estimate of drug-likeness (QED) is 0.691. The molecule has 0 radical (unpaired) electrons. The molecule has 0 aliphatic heterocycles. The van der Waals surface area contributed by atoms with E-state index in [0.717, 1.165) is 0 Å². The number of rotatable bonds is 8. The van der Waals surface area contributed by atoms with Gasteiger partial charge >= 0.3 is 0 Å². The Kier molecular flexibility index (Phi) is 7.68. The van der Waals surface area contributed by atoms with Crippen molar-refractivity contribution < 1.29 is 9.59 Å². The van der Waals surface area contributed by atoms with E-state index in [0.29, 0.717) is 38.4 Å². The maximum Gasteiger partial charge on any atom is 0.224 e. The number of amides is 2. The minimum Gasteiger partial charge on any atom is -0.356 e. The Hall–Kier alpha value is -1.10. The van der Waals surface area contributed by atoms with Crippen LogP contribution in [0.2, 0.25) is 0 Å². The molecule has 0 saturated carbocycles. The minimum absolute atomic E-state index is 0.00717. The van der Waals surface area contributed by atoms with Gasteiger partial charge in [0.15, 0.2) is 0 Å². The molecule has 0 unspecified atom stereocenters. The van der Waals surface area contributed by atoms with Gasteiger partial charge in [0.05, 0.1) is 0 Å². The third-order valence-electron chi connectivity index (χ3n) is 2.90. The third kappa shape index (κ3) is 8.59. The second-order valence-electron chi connectivity index (χ2n) is 6.32. The lowest BCUT2D eigenvalue weighted by molar-refractivity contribution is -0.131. The second kappa shape index (κ2) is 8.15. The summed E-state index contributed by atoms with van der Waals surface area (Å²) in [7, 11) is 1.77. The Balaban J connectivity index is 3.95. The fraction of sp³-hybridized carbons (Fsp3) is 0.857. The van der Waals surface area contributed by atoms with Crippen LogP contribution in [0.25, 0.3) is 0 Å². The highest BCUT2D eigenvalue weighted by Gasteiger charge is 2.20. The number of hydrogen-bond donors (Lipinski definition) is 2. The SMILES string of the molecule is CC(C)CC(=O)NCCC(=O)N(C)CC(C)(C)CN. The van der Waals surface area contributed by atoms with Crippen molar-refractivity contribution in [3.63, 3.8) is 0 Å². The molecule has 0 aromatic heterocycles. The lowest BCUT2D eigenvalue weighted by Crippen LogP contribution is -2.40. The Morgan fingerprint density at radius 2 is 1.89 bits per heavy atom. The van der Waals surface area contributed by atoms with Crippen LogP contribution in [0.3, 0.4) is 0 Å². The fourth-order valence-electron chi connectivity index (χ4n) is 1.74. The molecule has 3 N–H and O–H groups in total. The predicted molar refractivity (Wildman–Crippen MR) is 77.6 cm³/mol. The van der Waals surface area contributed by atoms with Crippen LogP contribution in [0.15, 0.2) is 0 Å². The normalized spacial score (nSPS) is 11.5. The monoisotopic (exact) mass is 271 g/mol. The van der Waals surface area contributed by atoms with E-state index in [9.17, 15) is 9.59 Å². The van der Waals surface area contributed by atoms with Crippen LogP contribution in [0, 0.1) is 11.3 Å². The molecular formula is C14H29N3O2. The van der Waals surface area contributed by atoms with E-state index < -0.39 is 0 Å². The van der Waals surface area contributed by atoms with E-state index in [-0.39, 0.29) is 17.2 Å². The summed E-state index contributed by atoms with van der Waals surface area (Å²) in [6.07, 6.45) is 0.839. The van der Waals surface area contributed by atoms with Crippen LogP contribution < -0.4 is 11.1 Å². The lowest BCUT2D eigenvalue weighted by atomic mass is 9.93. The number of carbonyl (C=O) groups is 2. The zero-order valence-electron chi connectivity index (χ0n) is 13.0. The van der Waals surface area contributed by atoms with Gasteiger partial charge in [-0.15, -0.1) is 0 Å². The van der Waals surface area contributed by atoms with Crippen molar-refractivity contribution in [2.75, 3.05) is 26.7 Å². The van der Waals surface area contributed by atoms with Crippen LogP contribution in [-0.2, 0) is 9.59 Å². The van der Waals surface area contributed by atoms with Gasteiger partial charge < -0.3 is 16.0 Å². The molecule has 0 spiro atoms. The van der Waals surface area contributed by atoms with Crippen LogP contribution in [0.4, 0.5) is 0 Å². The maximum absolute atomic E-state index is 11.9. The summed E-state index contributed by atoms with van der Waals surface area (Å²) in [5.74, 6) is 0.378. The molecule has 0 heterocycles. The molecule has 0 aromatic carbocycles. The van der Waals surface area contributed by atoms with Gasteiger partial charge in [-0.2, -0.15) is 0 Å². The van der Waals surface area contributed by atoms with Gasteiger partial charge in [0, 0.05) is 33.0 Å². The van der Waals surface area contributed by atoms with E-state index in [1.165, 1.54) is 0 Å². The van der Waals surface area contributed by atoms with Gasteiger partial charge in [-0.1, -0.05) is 27.7 Å². The van der Waals surface area contributed by atoms with Crippen LogP contribution in [0.1, 0.15) is 40.5 Å². The standard InChI is InChI=1S/C14H29N3O2/c1-11(2)8-12(18)16-7-6-13(19)17(5)10-14(3,4)9-15/h11H,6-10,15H2,1-5H3,(H,16,18). The number of nitrogens with one attached hydrogen (secondary N) is 1. The van der Waals surface area contributed by atoms with Gasteiger partial charge in [-0.25, -0.2) is 0 Å². The number of hydrogen-bond acceptors (Lipinski definition) is 3. The van der Waals surface area contributed by atoms with Crippen molar-refractivity contribution in [2.45, 2.75) is 40.5 Å². The molecule has 0 saturated heterocycles. The highest BCUT2D eigenvalue weighted by atomic mass is 16.2. The van der Waals surface area contributed by atoms with E-state index >= 15 is 0 Å². The summed E-state index contributed by atoms with van der Waals surface area (Å²) in [4.78, 5) is 25.0. The van der Waals surface area contributed by atoms with Crippen molar-refractivity contribution in [3.05, 3.63) is 0 Å². The molecule has 0 fully saturated rings. The van der Waals surface area contributed by atoms with Gasteiger partial charge in [0.2, 0.25) is 11.8 Å². The van der Waals surface area contributed by atoms with Crippen LogP contribution >= 0.6 is 0 Å². The molecule has 0 atom stereocenters. The highest BCUT2D eigenvalue weighted by Crippen LogP contribution is 2.14. The molecule has 5 heteroatoms. The fourth-order valence-corrected chi connectivity index (χ4v) is 1.74. The van der Waals surface area contributed by atoms with E-state index in [1.54, 1.807) is 11.9 Å². The number of nitrogens with two attached hydrogens (primary N) is 1. The molecule has 5 nitrogen and oxygen atoms in total. The van der Waals surface area contributed by atoms with Crippen molar-refractivity contribution in [1.29, 1.82) is 0 Å². The van der Waals surface area contributed by atoms with E-state index in [2.05, 4.69) is 5.32 Å². The zero-order valence-corrected chi connectivity index (χ0v) is 13.0. The first-order chi connectivity index (χ1) is 8.68. The average molecular weight is 271 g/mol. The Labute approximate surface area is 116 Å². The minimum atomic E-state index is -0.0781. The van der Waals surface area contributed by atoms with Crippen LogP contribution in [-0.4, -0.2) is 43.4 Å². The summed E-state index contributed by atoms with van der Waals surface area (Å²) in [5.41, 5.74) is 5.57. The van der Waals surface area contributed by atoms with Crippen molar-refractivity contribution >= 4 is 11.8 Å². The molecule has 0 aromatic rings. The molecule has 0 bridgehead atoms. The third-order valence-corrected chi connectivity index (χ3v) is 2.90. The highest BCUT2D eigenvalue weighted by molar-refractivity contribution is 5.79. The topological polar surface area (TPSA) is 75.4 Å². The van der Waals surface area contributed by atoms with Gasteiger partial charge in [-0.3, -0.25) is 9.59 Å². The smallest absolute Gasteiger partial charge is 0.224 e. The molecule has 0 aliphatic rings. The summed E-state index contributed by atoms with van der Waals surface area (Å²) in [6, 6.07) is 0. The Morgan fingerprint density at radius 3 is 2.37 bits per heavy atom. The van der Waals surface area contributed by atoms with Crippen LogP contribution in [0.5, 0.6) is 0 Å². The first-order valence-electron chi connectivity index (χ1n) is 6.88. The molecule has 19 heavy (non-hydrogen) atoms. The Bertz CT molecular complexity index is 301. The molecule has 0 aliphatic carbocycles. The number of carbonyl (C=O) groups excluding carboxylic acids is 2. The van der Waals surface area contributed by atoms with Gasteiger partial charge in [0.25, 0.3) is 0 Å². The molecule has 2 amide bonds. The lowest BCUT2D eigenvalue weighted by Gasteiger charge is -2.29. The van der Waals surface area contributed by atoms with E-state index in [1.807, 2.05) is 27.7 Å². The molecule has 0 rings (SSSR count). The van der Waals surface area contributed by atoms with Crippen molar-refractivity contribution in [1.82, 2.24) is 10.2 Å². The summed E-state index contributed by atoms with van der Waals surface area (Å²) < 4.78 is 0. The average Bonchev–Trinajstić information content (AvgIpc) is 2.27. The first-order valence-corrected chi connectivity index (χ1v) is 6.88. The predicted octanol–water partition coefficient (Wildman–Crippen LogP) is 0.982. The van der Waals surface area contributed by atoms with Gasteiger partial charge in [0.1, 0.15) is 0 Å². The maximum atomic E-state index is 11.9. The Morgan fingerprint density at radius 1 is 1.32 bits per heavy atom. The van der Waals surface area contributed by atoms with Crippen molar-refractivity contribution in [2.24, 2.45) is 17.1 Å². The second-order valence-corrected chi connectivity index (χ2v) is 6.32. The zero-order chi connectivity index (χ0) is 15.1. The summed E-state index contributed by atoms with van der Waals surface area (Å²) in [6.45, 7) is 9.61. The van der Waals surface area contributed by atoms with Crippen molar-refractivity contribution in [3.8, 4) is 0 Å². The summed E-state index contributed by atoms with van der Waals surface area (Å²) in [5, 5.41) is 2.77. The molecular weight excluding hydrogens is 242 g/mol. The molecule has 112 valence electrons. The first kappa shape index (κ1) is 17.9. The van der Waals surface area contributed by atoms with E-state index in [4.69, 9.17) is 5.73 Å².